The molecule has 0 saturated carbocycles. The van der Waals surface area contributed by atoms with Gasteiger partial charge in [-0.3, -0.25) is 4.90 Å². The third-order valence-electron chi connectivity index (χ3n) is 4.80. The normalized spacial score (nSPS) is 14.9. The molecule has 1 N–H and O–H groups in total. The summed E-state index contributed by atoms with van der Waals surface area (Å²) in [6.45, 7) is 1.97. The summed E-state index contributed by atoms with van der Waals surface area (Å²) in [5.74, 6) is 1.88. The third-order valence-corrected chi connectivity index (χ3v) is 5.09. The fourth-order valence-electron chi connectivity index (χ4n) is 3.55. The number of halogens is 1. The summed E-state index contributed by atoms with van der Waals surface area (Å²) in [5, 5.41) is 9.97. The van der Waals surface area contributed by atoms with Crippen LogP contribution in [-0.4, -0.2) is 50.4 Å². The zero-order valence-electron chi connectivity index (χ0n) is 15.0. The van der Waals surface area contributed by atoms with E-state index in [2.05, 4.69) is 37.0 Å². The van der Waals surface area contributed by atoms with Crippen LogP contribution in [0.2, 0.25) is 5.28 Å². The van der Waals surface area contributed by atoms with Gasteiger partial charge in [0.1, 0.15) is 6.54 Å². The number of benzene rings is 1. The fraction of sp³-hybridized carbons (Fsp3) is 0.278. The minimum atomic E-state index is 0.389. The molecule has 0 saturated heterocycles. The summed E-state index contributed by atoms with van der Waals surface area (Å²) >= 11 is 6.39. The van der Waals surface area contributed by atoms with Crippen LogP contribution >= 0.6 is 11.6 Å². The van der Waals surface area contributed by atoms with E-state index in [1.54, 1.807) is 0 Å². The van der Waals surface area contributed by atoms with Crippen LogP contribution < -0.4 is 4.90 Å². The Labute approximate surface area is 160 Å². The highest BCUT2D eigenvalue weighted by molar-refractivity contribution is 6.28. The molecule has 0 fully saturated rings. The minimum absolute atomic E-state index is 0.389. The van der Waals surface area contributed by atoms with Gasteiger partial charge in [-0.25, -0.2) is 4.98 Å². The van der Waals surface area contributed by atoms with Crippen LogP contribution in [0, 0.1) is 0 Å². The maximum atomic E-state index is 6.39. The highest BCUT2D eigenvalue weighted by atomic mass is 35.5. The van der Waals surface area contributed by atoms with Gasteiger partial charge >= 0.3 is 0 Å². The van der Waals surface area contributed by atoms with Gasteiger partial charge in [-0.1, -0.05) is 6.07 Å². The molecule has 27 heavy (non-hydrogen) atoms. The second kappa shape index (κ2) is 6.11. The molecule has 5 rings (SSSR count). The molecule has 1 aliphatic rings. The summed E-state index contributed by atoms with van der Waals surface area (Å²) < 4.78 is 7.82. The SMILES string of the molecule is CN1Cc2c(nc(Cl)n2Cc2nnc(-c3ccc4cc[nH]c4c3)o2)N(C)C1. The lowest BCUT2D eigenvalue weighted by atomic mass is 10.2. The van der Waals surface area contributed by atoms with Crippen LogP contribution in [0.15, 0.2) is 34.9 Å². The lowest BCUT2D eigenvalue weighted by Gasteiger charge is -2.31. The van der Waals surface area contributed by atoms with Crippen molar-refractivity contribution in [1.82, 2.24) is 29.6 Å². The maximum Gasteiger partial charge on any atom is 0.247 e. The Morgan fingerprint density at radius 1 is 1.22 bits per heavy atom. The van der Waals surface area contributed by atoms with Crippen LogP contribution in [-0.2, 0) is 13.1 Å². The van der Waals surface area contributed by atoms with E-state index in [1.807, 2.05) is 42.1 Å². The second-order valence-electron chi connectivity index (χ2n) is 6.87. The van der Waals surface area contributed by atoms with E-state index in [1.165, 1.54) is 0 Å². The van der Waals surface area contributed by atoms with Crippen molar-refractivity contribution in [3.63, 3.8) is 0 Å². The summed E-state index contributed by atoms with van der Waals surface area (Å²) in [6, 6.07) is 8.03. The number of anilines is 1. The number of aromatic amines is 1. The van der Waals surface area contributed by atoms with Crippen molar-refractivity contribution < 1.29 is 4.42 Å². The zero-order valence-corrected chi connectivity index (χ0v) is 15.7. The largest absolute Gasteiger partial charge is 0.419 e. The van der Waals surface area contributed by atoms with E-state index in [9.17, 15) is 0 Å². The highest BCUT2D eigenvalue weighted by Crippen LogP contribution is 2.29. The van der Waals surface area contributed by atoms with Gasteiger partial charge in [-0.15, -0.1) is 10.2 Å². The summed E-state index contributed by atoms with van der Waals surface area (Å²) in [5.41, 5.74) is 2.95. The van der Waals surface area contributed by atoms with E-state index >= 15 is 0 Å². The van der Waals surface area contributed by atoms with Crippen LogP contribution in [0.4, 0.5) is 5.82 Å². The Bertz CT molecular complexity index is 1130. The highest BCUT2D eigenvalue weighted by Gasteiger charge is 2.26. The molecule has 4 heterocycles. The lowest BCUT2D eigenvalue weighted by molar-refractivity contribution is 0.304. The van der Waals surface area contributed by atoms with Crippen molar-refractivity contribution in [2.75, 3.05) is 25.7 Å². The van der Waals surface area contributed by atoms with Gasteiger partial charge in [0.05, 0.1) is 12.4 Å². The van der Waals surface area contributed by atoms with Crippen LogP contribution in [0.3, 0.4) is 0 Å². The monoisotopic (exact) mass is 383 g/mol. The van der Waals surface area contributed by atoms with Gasteiger partial charge in [0.2, 0.25) is 17.1 Å². The predicted molar refractivity (Wildman–Crippen MR) is 103 cm³/mol. The number of hydrogen-bond donors (Lipinski definition) is 1. The molecule has 0 radical (unpaired) electrons. The first-order valence-electron chi connectivity index (χ1n) is 8.63. The Balaban J connectivity index is 1.46. The number of H-pyrrole nitrogens is 1. The molecular formula is C18H18ClN7O. The number of rotatable bonds is 3. The first-order valence-corrected chi connectivity index (χ1v) is 9.01. The number of aromatic nitrogens is 5. The van der Waals surface area contributed by atoms with E-state index in [0.717, 1.165) is 41.2 Å². The Kier molecular flexibility index (Phi) is 3.70. The molecule has 9 heteroatoms. The zero-order chi connectivity index (χ0) is 18.5. The first kappa shape index (κ1) is 16.3. The molecule has 4 aromatic rings. The topological polar surface area (TPSA) is 79.0 Å². The molecule has 0 amide bonds. The maximum absolute atomic E-state index is 6.39. The van der Waals surface area contributed by atoms with E-state index in [-0.39, 0.29) is 0 Å². The Hall–Kier alpha value is -2.84. The number of nitrogens with zero attached hydrogens (tertiary/aromatic N) is 6. The summed E-state index contributed by atoms with van der Waals surface area (Å²) in [7, 11) is 4.07. The van der Waals surface area contributed by atoms with E-state index in [4.69, 9.17) is 16.0 Å². The third kappa shape index (κ3) is 2.77. The standard InChI is InChI=1S/C18H18ClN7O/c1-24-8-14-16(25(2)10-24)21-18(19)26(14)9-15-22-23-17(27-15)12-4-3-11-5-6-20-13(11)7-12/h3-7,20H,8-10H2,1-2H3. The van der Waals surface area contributed by atoms with Gasteiger partial charge in [0.15, 0.2) is 5.82 Å². The molecular weight excluding hydrogens is 366 g/mol. The Morgan fingerprint density at radius 2 is 2.11 bits per heavy atom. The number of nitrogens with one attached hydrogen (secondary N) is 1. The van der Waals surface area contributed by atoms with E-state index < -0.39 is 0 Å². The first-order chi connectivity index (χ1) is 13.1. The molecule has 8 nitrogen and oxygen atoms in total. The lowest BCUT2D eigenvalue weighted by Crippen LogP contribution is -2.38. The molecule has 3 aromatic heterocycles. The van der Waals surface area contributed by atoms with Crippen molar-refractivity contribution in [1.29, 1.82) is 0 Å². The number of imidazole rings is 1. The number of hydrogen-bond acceptors (Lipinski definition) is 6. The molecule has 0 aliphatic carbocycles. The molecule has 0 bridgehead atoms. The van der Waals surface area contributed by atoms with Crippen LogP contribution in [0.25, 0.3) is 22.4 Å². The van der Waals surface area contributed by atoms with Crippen molar-refractivity contribution in [3.8, 4) is 11.5 Å². The molecule has 1 aliphatic heterocycles. The van der Waals surface area contributed by atoms with Crippen LogP contribution in [0.5, 0.6) is 0 Å². The Morgan fingerprint density at radius 3 is 3.00 bits per heavy atom. The quantitative estimate of drug-likeness (QED) is 0.586. The summed E-state index contributed by atoms with van der Waals surface area (Å²) in [6.07, 6.45) is 1.91. The average Bonchev–Trinajstić information content (AvgIpc) is 3.35. The predicted octanol–water partition coefficient (Wildman–Crippen LogP) is 2.96. The van der Waals surface area contributed by atoms with Crippen molar-refractivity contribution >= 4 is 28.3 Å². The van der Waals surface area contributed by atoms with Gasteiger partial charge in [-0.05, 0) is 42.2 Å². The molecule has 138 valence electrons. The fourth-order valence-corrected chi connectivity index (χ4v) is 3.79. The van der Waals surface area contributed by atoms with Crippen molar-refractivity contribution in [2.24, 2.45) is 0 Å². The van der Waals surface area contributed by atoms with Gasteiger partial charge in [-0.2, -0.15) is 0 Å². The minimum Gasteiger partial charge on any atom is -0.419 e. The van der Waals surface area contributed by atoms with Crippen molar-refractivity contribution in [2.45, 2.75) is 13.1 Å². The van der Waals surface area contributed by atoms with Gasteiger partial charge < -0.3 is 18.9 Å². The van der Waals surface area contributed by atoms with E-state index in [0.29, 0.717) is 23.6 Å². The number of fused-ring (bicyclic) bond motifs is 2. The van der Waals surface area contributed by atoms with Gasteiger partial charge in [0.25, 0.3) is 0 Å². The van der Waals surface area contributed by atoms with Crippen LogP contribution in [0.1, 0.15) is 11.6 Å². The molecule has 0 unspecified atom stereocenters. The molecule has 0 atom stereocenters. The smallest absolute Gasteiger partial charge is 0.247 e. The molecule has 1 aromatic carbocycles. The molecule has 0 spiro atoms. The second-order valence-corrected chi connectivity index (χ2v) is 7.21. The summed E-state index contributed by atoms with van der Waals surface area (Å²) in [4.78, 5) is 12.0. The van der Waals surface area contributed by atoms with Crippen molar-refractivity contribution in [3.05, 3.63) is 47.3 Å². The van der Waals surface area contributed by atoms with Gasteiger partial charge in [0, 0.05) is 30.9 Å². The average molecular weight is 384 g/mol.